The number of aromatic nitrogens is 2. The first kappa shape index (κ1) is 27.2. The van der Waals surface area contributed by atoms with Gasteiger partial charge in [-0.15, -0.1) is 0 Å². The SMILES string of the molecule is CCN(CC)CC1CN(C(=O)Cc2cccc(OC)c2)Cc2ccnn2C1.O=C(O)C(F)(F)F. The van der Waals surface area contributed by atoms with Crippen LogP contribution in [0, 0.1) is 5.92 Å². The summed E-state index contributed by atoms with van der Waals surface area (Å²) in [5.74, 6) is -1.44. The number of carbonyl (C=O) groups is 2. The third kappa shape index (κ3) is 8.05. The monoisotopic (exact) mass is 484 g/mol. The zero-order valence-electron chi connectivity index (χ0n) is 19.6. The van der Waals surface area contributed by atoms with Crippen LogP contribution < -0.4 is 4.74 Å². The van der Waals surface area contributed by atoms with E-state index in [2.05, 4.69) is 28.5 Å². The molecule has 1 aliphatic heterocycles. The molecule has 1 aliphatic rings. The number of hydrogen-bond acceptors (Lipinski definition) is 5. The van der Waals surface area contributed by atoms with Gasteiger partial charge in [-0.05, 0) is 36.9 Å². The van der Waals surface area contributed by atoms with E-state index in [9.17, 15) is 18.0 Å². The van der Waals surface area contributed by atoms with Crippen LogP contribution in [0.4, 0.5) is 13.2 Å². The van der Waals surface area contributed by atoms with E-state index in [1.807, 2.05) is 41.4 Å². The topological polar surface area (TPSA) is 87.9 Å². The molecule has 0 aliphatic carbocycles. The number of carboxylic acids is 1. The molecule has 1 N–H and O–H groups in total. The number of rotatable bonds is 7. The normalized spacial score (nSPS) is 15.7. The Morgan fingerprint density at radius 2 is 1.88 bits per heavy atom. The number of methoxy groups -OCH3 is 1. The predicted molar refractivity (Wildman–Crippen MR) is 119 cm³/mol. The van der Waals surface area contributed by atoms with Gasteiger partial charge in [0.1, 0.15) is 5.75 Å². The number of alkyl halides is 3. The van der Waals surface area contributed by atoms with E-state index in [4.69, 9.17) is 14.6 Å². The van der Waals surface area contributed by atoms with Crippen molar-refractivity contribution in [3.05, 3.63) is 47.8 Å². The molecule has 2 aromatic rings. The Bertz CT molecular complexity index is 944. The van der Waals surface area contributed by atoms with Gasteiger partial charge in [-0.25, -0.2) is 4.79 Å². The lowest BCUT2D eigenvalue weighted by atomic mass is 10.1. The van der Waals surface area contributed by atoms with Crippen LogP contribution in [0.15, 0.2) is 36.5 Å². The minimum atomic E-state index is -5.08. The molecule has 0 bridgehead atoms. The number of aliphatic carboxylic acids is 1. The number of nitrogens with zero attached hydrogens (tertiary/aromatic N) is 4. The molecule has 0 radical (unpaired) electrons. The van der Waals surface area contributed by atoms with Crippen LogP contribution in [-0.4, -0.2) is 76.0 Å². The molecule has 11 heteroatoms. The number of hydrogen-bond donors (Lipinski definition) is 1. The molecular formula is C23H31F3N4O4. The molecule has 3 rings (SSSR count). The average molecular weight is 485 g/mol. The van der Waals surface area contributed by atoms with Crippen molar-refractivity contribution in [2.75, 3.05) is 33.3 Å². The van der Waals surface area contributed by atoms with Crippen molar-refractivity contribution in [1.82, 2.24) is 19.6 Å². The summed E-state index contributed by atoms with van der Waals surface area (Å²) in [7, 11) is 1.65. The number of carboxylic acid groups (broad SMARTS) is 1. The van der Waals surface area contributed by atoms with Crippen LogP contribution in [0.3, 0.4) is 0 Å². The highest BCUT2D eigenvalue weighted by Crippen LogP contribution is 2.19. The van der Waals surface area contributed by atoms with Crippen molar-refractivity contribution in [3.63, 3.8) is 0 Å². The third-order valence-electron chi connectivity index (χ3n) is 5.56. The van der Waals surface area contributed by atoms with Crippen LogP contribution in [0.25, 0.3) is 0 Å². The molecule has 2 heterocycles. The molecule has 8 nitrogen and oxygen atoms in total. The number of carbonyl (C=O) groups excluding carboxylic acids is 1. The molecule has 0 saturated heterocycles. The highest BCUT2D eigenvalue weighted by molar-refractivity contribution is 5.79. The maximum atomic E-state index is 13.1. The van der Waals surface area contributed by atoms with E-state index in [-0.39, 0.29) is 5.91 Å². The van der Waals surface area contributed by atoms with Crippen LogP contribution in [0.1, 0.15) is 25.1 Å². The highest BCUT2D eigenvalue weighted by Gasteiger charge is 2.38. The summed E-state index contributed by atoms with van der Waals surface area (Å²) in [6.07, 6.45) is -2.86. The van der Waals surface area contributed by atoms with E-state index in [0.29, 0.717) is 18.9 Å². The molecule has 1 amide bonds. The molecule has 1 aromatic heterocycles. The predicted octanol–water partition coefficient (Wildman–Crippen LogP) is 3.07. The Kier molecular flexibility index (Phi) is 9.91. The zero-order valence-corrected chi connectivity index (χ0v) is 19.6. The van der Waals surface area contributed by atoms with Crippen molar-refractivity contribution in [3.8, 4) is 5.75 Å². The summed E-state index contributed by atoms with van der Waals surface area (Å²) in [4.78, 5) is 26.4. The Hall–Kier alpha value is -3.08. The van der Waals surface area contributed by atoms with Gasteiger partial charge in [-0.3, -0.25) is 9.48 Å². The molecule has 1 aromatic carbocycles. The number of amides is 1. The van der Waals surface area contributed by atoms with Crippen molar-refractivity contribution in [2.24, 2.45) is 5.92 Å². The molecular weight excluding hydrogens is 453 g/mol. The maximum Gasteiger partial charge on any atom is 0.490 e. The first-order chi connectivity index (χ1) is 16.1. The van der Waals surface area contributed by atoms with E-state index >= 15 is 0 Å². The number of ether oxygens (including phenoxy) is 1. The smallest absolute Gasteiger partial charge is 0.490 e. The second kappa shape index (κ2) is 12.4. The van der Waals surface area contributed by atoms with Gasteiger partial charge in [0, 0.05) is 31.7 Å². The van der Waals surface area contributed by atoms with E-state index in [1.165, 1.54) is 0 Å². The van der Waals surface area contributed by atoms with Crippen LogP contribution in [-0.2, 0) is 29.1 Å². The Morgan fingerprint density at radius 1 is 1.21 bits per heavy atom. The number of benzene rings is 1. The number of halogens is 3. The molecule has 1 unspecified atom stereocenters. The summed E-state index contributed by atoms with van der Waals surface area (Å²) in [5, 5.41) is 11.6. The maximum absolute atomic E-state index is 13.1. The Morgan fingerprint density at radius 3 is 2.47 bits per heavy atom. The van der Waals surface area contributed by atoms with Gasteiger partial charge in [0.2, 0.25) is 5.91 Å². The second-order valence-electron chi connectivity index (χ2n) is 7.96. The Labute approximate surface area is 196 Å². The van der Waals surface area contributed by atoms with Crippen LogP contribution in [0.2, 0.25) is 0 Å². The second-order valence-corrected chi connectivity index (χ2v) is 7.96. The minimum Gasteiger partial charge on any atom is -0.497 e. The standard InChI is InChI=1S/C21H30N4O2.C2HF3O2/c1-4-23(5-2)13-18-14-24(16-19-9-10-22-25(19)15-18)21(26)12-17-7-6-8-20(11-17)27-3;3-2(4,5)1(6)7/h6-11,18H,4-5,12-16H2,1-3H3;(H,6,7). The summed E-state index contributed by atoms with van der Waals surface area (Å²) in [6.45, 7) is 9.65. The lowest BCUT2D eigenvalue weighted by molar-refractivity contribution is -0.192. The zero-order chi connectivity index (χ0) is 25.3. The fourth-order valence-corrected chi connectivity index (χ4v) is 3.75. The summed E-state index contributed by atoms with van der Waals surface area (Å²) in [6, 6.07) is 9.77. The first-order valence-corrected chi connectivity index (χ1v) is 11.0. The van der Waals surface area contributed by atoms with Gasteiger partial charge >= 0.3 is 12.1 Å². The molecule has 0 fully saturated rings. The quantitative estimate of drug-likeness (QED) is 0.650. The highest BCUT2D eigenvalue weighted by atomic mass is 19.4. The van der Waals surface area contributed by atoms with Crippen molar-refractivity contribution in [1.29, 1.82) is 0 Å². The fourth-order valence-electron chi connectivity index (χ4n) is 3.75. The Balaban J connectivity index is 0.000000509. The lowest BCUT2D eigenvalue weighted by Crippen LogP contribution is -2.39. The van der Waals surface area contributed by atoms with Crippen molar-refractivity contribution >= 4 is 11.9 Å². The minimum absolute atomic E-state index is 0.155. The number of fused-ring (bicyclic) bond motifs is 1. The van der Waals surface area contributed by atoms with E-state index in [0.717, 1.165) is 49.7 Å². The molecule has 34 heavy (non-hydrogen) atoms. The van der Waals surface area contributed by atoms with Gasteiger partial charge in [0.05, 0.1) is 25.8 Å². The van der Waals surface area contributed by atoms with Gasteiger partial charge in [0.15, 0.2) is 0 Å². The summed E-state index contributed by atoms with van der Waals surface area (Å²) in [5.41, 5.74) is 2.09. The molecule has 188 valence electrons. The molecule has 0 spiro atoms. The van der Waals surface area contributed by atoms with Crippen LogP contribution in [0.5, 0.6) is 5.75 Å². The van der Waals surface area contributed by atoms with Crippen molar-refractivity contribution in [2.45, 2.75) is 39.5 Å². The van der Waals surface area contributed by atoms with Crippen molar-refractivity contribution < 1.29 is 32.6 Å². The van der Waals surface area contributed by atoms with Gasteiger partial charge < -0.3 is 19.6 Å². The van der Waals surface area contributed by atoms with E-state index < -0.39 is 12.1 Å². The summed E-state index contributed by atoms with van der Waals surface area (Å²) >= 11 is 0. The fraction of sp³-hybridized carbons (Fsp3) is 0.522. The van der Waals surface area contributed by atoms with Crippen LogP contribution >= 0.6 is 0 Å². The van der Waals surface area contributed by atoms with Gasteiger partial charge in [0.25, 0.3) is 0 Å². The largest absolute Gasteiger partial charge is 0.497 e. The summed E-state index contributed by atoms with van der Waals surface area (Å²) < 4.78 is 39.1. The molecule has 1 atom stereocenters. The average Bonchev–Trinajstić information content (AvgIpc) is 3.15. The third-order valence-corrected chi connectivity index (χ3v) is 5.56. The van der Waals surface area contributed by atoms with Gasteiger partial charge in [-0.1, -0.05) is 26.0 Å². The first-order valence-electron chi connectivity index (χ1n) is 11.0. The van der Waals surface area contributed by atoms with Gasteiger partial charge in [-0.2, -0.15) is 18.3 Å². The van der Waals surface area contributed by atoms with E-state index in [1.54, 1.807) is 7.11 Å². The molecule has 0 saturated carbocycles. The lowest BCUT2D eigenvalue weighted by Gasteiger charge is -2.28.